The highest BCUT2D eigenvalue weighted by Gasteiger charge is 2.23. The molecule has 2 aromatic carbocycles. The molecule has 116 valence electrons. The third-order valence-corrected chi connectivity index (χ3v) is 4.46. The second kappa shape index (κ2) is 5.88. The van der Waals surface area contributed by atoms with Crippen LogP contribution in [0.15, 0.2) is 54.6 Å². The Hall–Kier alpha value is -2.62. The maximum Gasteiger partial charge on any atom is 0.181 e. The van der Waals surface area contributed by atoms with Crippen LogP contribution in [0.1, 0.15) is 31.7 Å². The minimum absolute atomic E-state index is 0.257. The normalized spacial score (nSPS) is 15.1. The van der Waals surface area contributed by atoms with Gasteiger partial charge in [0, 0.05) is 11.1 Å². The minimum atomic E-state index is 0.257. The Morgan fingerprint density at radius 2 is 1.57 bits per heavy atom. The van der Waals surface area contributed by atoms with Crippen molar-refractivity contribution in [3.8, 4) is 28.5 Å². The quantitative estimate of drug-likeness (QED) is 0.778. The predicted octanol–water partition coefficient (Wildman–Crippen LogP) is 4.43. The molecule has 1 saturated carbocycles. The zero-order chi connectivity index (χ0) is 15.6. The molecule has 1 N–H and O–H groups in total. The van der Waals surface area contributed by atoms with E-state index in [1.54, 1.807) is 12.1 Å². The number of hydrogen-bond donors (Lipinski definition) is 1. The summed E-state index contributed by atoms with van der Waals surface area (Å²) in [5, 5.41) is 14.3. The second-order valence-corrected chi connectivity index (χ2v) is 6.05. The van der Waals surface area contributed by atoms with Gasteiger partial charge in [-0.05, 0) is 37.1 Å². The van der Waals surface area contributed by atoms with Crippen molar-refractivity contribution in [3.63, 3.8) is 0 Å². The van der Waals surface area contributed by atoms with Crippen LogP contribution < -0.4 is 0 Å². The molecule has 4 heteroatoms. The molecule has 0 saturated heterocycles. The summed E-state index contributed by atoms with van der Waals surface area (Å²) in [6, 6.07) is 17.7. The first-order valence-corrected chi connectivity index (χ1v) is 8.12. The molecule has 0 radical (unpaired) electrons. The van der Waals surface area contributed by atoms with Gasteiger partial charge in [0.1, 0.15) is 5.75 Å². The van der Waals surface area contributed by atoms with Crippen LogP contribution in [0.2, 0.25) is 0 Å². The number of nitrogens with zero attached hydrogens (tertiary/aromatic N) is 3. The van der Waals surface area contributed by atoms with Gasteiger partial charge in [0.25, 0.3) is 0 Å². The van der Waals surface area contributed by atoms with Gasteiger partial charge < -0.3 is 5.11 Å². The zero-order valence-corrected chi connectivity index (χ0v) is 12.9. The average molecular weight is 305 g/mol. The smallest absolute Gasteiger partial charge is 0.181 e. The molecule has 0 spiro atoms. The monoisotopic (exact) mass is 305 g/mol. The molecule has 0 bridgehead atoms. The van der Waals surface area contributed by atoms with Crippen LogP contribution in [0.3, 0.4) is 0 Å². The number of phenols is 1. The lowest BCUT2D eigenvalue weighted by Gasteiger charge is -2.12. The van der Waals surface area contributed by atoms with Crippen LogP contribution in [-0.2, 0) is 0 Å². The van der Waals surface area contributed by atoms with Gasteiger partial charge in [0.05, 0.1) is 6.04 Å². The first-order valence-electron chi connectivity index (χ1n) is 8.12. The van der Waals surface area contributed by atoms with Crippen molar-refractivity contribution in [1.29, 1.82) is 0 Å². The molecule has 0 atom stereocenters. The fraction of sp³-hybridized carbons (Fsp3) is 0.263. The summed E-state index contributed by atoms with van der Waals surface area (Å²) in [5.41, 5.74) is 2.02. The average Bonchev–Trinajstić information content (AvgIpc) is 3.26. The molecule has 1 aliphatic carbocycles. The van der Waals surface area contributed by atoms with Crippen LogP contribution in [0, 0.1) is 0 Å². The molecule has 4 nitrogen and oxygen atoms in total. The van der Waals surface area contributed by atoms with Gasteiger partial charge >= 0.3 is 0 Å². The Labute approximate surface area is 135 Å². The van der Waals surface area contributed by atoms with Gasteiger partial charge in [-0.2, -0.15) is 5.10 Å². The third kappa shape index (κ3) is 2.72. The molecule has 4 rings (SSSR count). The van der Waals surface area contributed by atoms with E-state index in [4.69, 9.17) is 10.1 Å². The third-order valence-electron chi connectivity index (χ3n) is 4.46. The lowest BCUT2D eigenvalue weighted by Crippen LogP contribution is -2.08. The van der Waals surface area contributed by atoms with Crippen molar-refractivity contribution in [1.82, 2.24) is 14.8 Å². The Morgan fingerprint density at radius 3 is 2.26 bits per heavy atom. The summed E-state index contributed by atoms with van der Waals surface area (Å²) in [5.74, 6) is 1.91. The van der Waals surface area contributed by atoms with Gasteiger partial charge in [0.15, 0.2) is 11.6 Å². The van der Waals surface area contributed by atoms with E-state index >= 15 is 0 Å². The van der Waals surface area contributed by atoms with E-state index in [1.807, 2.05) is 30.3 Å². The van der Waals surface area contributed by atoms with E-state index in [-0.39, 0.29) is 5.75 Å². The molecular formula is C19H19N3O. The summed E-state index contributed by atoms with van der Waals surface area (Å²) >= 11 is 0. The maximum absolute atomic E-state index is 9.47. The first kappa shape index (κ1) is 14.0. The maximum atomic E-state index is 9.47. The minimum Gasteiger partial charge on any atom is -0.508 e. The van der Waals surface area contributed by atoms with Crippen LogP contribution in [0.25, 0.3) is 22.8 Å². The molecule has 1 aliphatic rings. The molecule has 1 aromatic heterocycles. The highest BCUT2D eigenvalue weighted by molar-refractivity contribution is 5.62. The number of phenolic OH excluding ortho intramolecular Hbond substituents is 1. The van der Waals surface area contributed by atoms with Gasteiger partial charge in [-0.25, -0.2) is 9.67 Å². The van der Waals surface area contributed by atoms with Gasteiger partial charge in [0.2, 0.25) is 0 Å². The molecule has 0 unspecified atom stereocenters. The molecule has 0 amide bonds. The Morgan fingerprint density at radius 1 is 0.870 bits per heavy atom. The Kier molecular flexibility index (Phi) is 3.58. The molecule has 0 aliphatic heterocycles. The van der Waals surface area contributed by atoms with E-state index in [9.17, 15) is 5.11 Å². The largest absolute Gasteiger partial charge is 0.508 e. The topological polar surface area (TPSA) is 50.9 Å². The van der Waals surface area contributed by atoms with Gasteiger partial charge in [-0.1, -0.05) is 43.2 Å². The molecule has 3 aromatic rings. The lowest BCUT2D eigenvalue weighted by molar-refractivity contribution is 0.472. The lowest BCUT2D eigenvalue weighted by atomic mass is 10.2. The second-order valence-electron chi connectivity index (χ2n) is 6.05. The molecule has 1 fully saturated rings. The van der Waals surface area contributed by atoms with Gasteiger partial charge in [-0.15, -0.1) is 0 Å². The van der Waals surface area contributed by atoms with Crippen molar-refractivity contribution >= 4 is 0 Å². The van der Waals surface area contributed by atoms with Crippen LogP contribution in [0.4, 0.5) is 0 Å². The first-order chi connectivity index (χ1) is 11.3. The van der Waals surface area contributed by atoms with E-state index in [0.717, 1.165) is 35.6 Å². The van der Waals surface area contributed by atoms with Crippen LogP contribution >= 0.6 is 0 Å². The fourth-order valence-corrected chi connectivity index (χ4v) is 3.24. The Bertz CT molecular complexity index is 787. The summed E-state index contributed by atoms with van der Waals surface area (Å²) in [7, 11) is 0. The number of rotatable bonds is 3. The van der Waals surface area contributed by atoms with Crippen LogP contribution in [-0.4, -0.2) is 19.9 Å². The standard InChI is InChI=1S/C19H19N3O/c23-17-12-10-14(11-13-17)18-20-19(15-6-2-1-3-7-15)22(21-18)16-8-4-5-9-16/h1-3,6-7,10-13,16,23H,4-5,8-9H2. The van der Waals surface area contributed by atoms with Crippen LogP contribution in [0.5, 0.6) is 5.75 Å². The predicted molar refractivity (Wildman–Crippen MR) is 90.1 cm³/mol. The highest BCUT2D eigenvalue weighted by Crippen LogP contribution is 2.34. The summed E-state index contributed by atoms with van der Waals surface area (Å²) in [4.78, 5) is 4.80. The zero-order valence-electron chi connectivity index (χ0n) is 12.9. The van der Waals surface area contributed by atoms with E-state index in [0.29, 0.717) is 6.04 Å². The van der Waals surface area contributed by atoms with Crippen molar-refractivity contribution in [2.45, 2.75) is 31.7 Å². The Balaban J connectivity index is 1.81. The summed E-state index contributed by atoms with van der Waals surface area (Å²) in [6.07, 6.45) is 4.84. The van der Waals surface area contributed by atoms with E-state index in [1.165, 1.54) is 12.8 Å². The van der Waals surface area contributed by atoms with Crippen molar-refractivity contribution in [2.75, 3.05) is 0 Å². The highest BCUT2D eigenvalue weighted by atomic mass is 16.3. The van der Waals surface area contributed by atoms with E-state index < -0.39 is 0 Å². The molecule has 1 heterocycles. The fourth-order valence-electron chi connectivity index (χ4n) is 3.24. The summed E-state index contributed by atoms with van der Waals surface area (Å²) < 4.78 is 2.10. The van der Waals surface area contributed by atoms with Gasteiger partial charge in [-0.3, -0.25) is 0 Å². The SMILES string of the molecule is Oc1ccc(-c2nc(-c3ccccc3)n(C3CCCC3)n2)cc1. The number of benzene rings is 2. The number of hydrogen-bond acceptors (Lipinski definition) is 3. The molecular weight excluding hydrogens is 286 g/mol. The number of aromatic hydroxyl groups is 1. The summed E-state index contributed by atoms with van der Waals surface area (Å²) in [6.45, 7) is 0. The van der Waals surface area contributed by atoms with Crippen molar-refractivity contribution in [2.24, 2.45) is 0 Å². The van der Waals surface area contributed by atoms with E-state index in [2.05, 4.69) is 16.8 Å². The van der Waals surface area contributed by atoms with Crippen molar-refractivity contribution in [3.05, 3.63) is 54.6 Å². The molecule has 23 heavy (non-hydrogen) atoms. The van der Waals surface area contributed by atoms with Crippen molar-refractivity contribution < 1.29 is 5.11 Å². The number of aromatic nitrogens is 3.